The monoisotopic (exact) mass is 279 g/mol. The quantitative estimate of drug-likeness (QED) is 0.722. The van der Waals surface area contributed by atoms with Crippen molar-refractivity contribution in [1.29, 1.82) is 0 Å². The van der Waals surface area contributed by atoms with E-state index in [-0.39, 0.29) is 5.56 Å². The van der Waals surface area contributed by atoms with Crippen molar-refractivity contribution in [2.75, 3.05) is 0 Å². The zero-order valence-corrected chi connectivity index (χ0v) is 11.8. The maximum absolute atomic E-state index is 12.8. The van der Waals surface area contributed by atoms with Crippen LogP contribution in [0.4, 0.5) is 0 Å². The molecule has 0 bridgehead atoms. The van der Waals surface area contributed by atoms with Crippen molar-refractivity contribution in [2.24, 2.45) is 0 Å². The Kier molecular flexibility index (Phi) is 2.88. The highest BCUT2D eigenvalue weighted by Crippen LogP contribution is 2.22. The Labute approximate surface area is 122 Å². The van der Waals surface area contributed by atoms with Crippen LogP contribution < -0.4 is 5.56 Å². The predicted molar refractivity (Wildman–Crippen MR) is 81.6 cm³/mol. The zero-order valence-electron chi connectivity index (χ0n) is 11.8. The lowest BCUT2D eigenvalue weighted by Gasteiger charge is -2.09. The van der Waals surface area contributed by atoms with Gasteiger partial charge in [0.2, 0.25) is 0 Å². The summed E-state index contributed by atoms with van der Waals surface area (Å²) in [4.78, 5) is 12.8. The number of hydrogen-bond donors (Lipinski definition) is 0. The molecule has 0 aliphatic heterocycles. The minimum atomic E-state index is 0.0667. The fourth-order valence-electron chi connectivity index (χ4n) is 3.16. The van der Waals surface area contributed by atoms with E-state index in [2.05, 4.69) is 5.10 Å². The predicted octanol–water partition coefficient (Wildman–Crippen LogP) is 2.42. The second-order valence-electron chi connectivity index (χ2n) is 5.64. The molecule has 1 aromatic carbocycles. The van der Waals surface area contributed by atoms with Crippen LogP contribution in [0.15, 0.2) is 47.5 Å². The van der Waals surface area contributed by atoms with Gasteiger partial charge in [0.1, 0.15) is 5.52 Å². The van der Waals surface area contributed by atoms with Gasteiger partial charge in [0.25, 0.3) is 5.56 Å². The standard InChI is InChI=1S/C17H17N3O/c21-17-16-14-8-4-5-9-15(14)18-20(16)11-10-19(17)12-13-6-2-1-3-7-13/h1-3,6-7,10-11H,4-5,8-9,12H2. The summed E-state index contributed by atoms with van der Waals surface area (Å²) < 4.78 is 3.54. The Hall–Kier alpha value is -2.36. The van der Waals surface area contributed by atoms with Gasteiger partial charge in [-0.1, -0.05) is 30.3 Å². The molecule has 0 fully saturated rings. The van der Waals surface area contributed by atoms with Gasteiger partial charge in [-0.25, -0.2) is 4.52 Å². The maximum Gasteiger partial charge on any atom is 0.277 e. The van der Waals surface area contributed by atoms with E-state index >= 15 is 0 Å². The van der Waals surface area contributed by atoms with Crippen molar-refractivity contribution in [2.45, 2.75) is 32.2 Å². The van der Waals surface area contributed by atoms with Gasteiger partial charge in [-0.3, -0.25) is 4.79 Å². The third-order valence-electron chi connectivity index (χ3n) is 4.23. The molecule has 2 heterocycles. The minimum Gasteiger partial charge on any atom is -0.308 e. The number of aromatic nitrogens is 3. The lowest BCUT2D eigenvalue weighted by atomic mass is 9.97. The van der Waals surface area contributed by atoms with E-state index < -0.39 is 0 Å². The lowest BCUT2D eigenvalue weighted by molar-refractivity contribution is 0.673. The molecule has 4 rings (SSSR count). The number of aryl methyl sites for hydroxylation is 2. The van der Waals surface area contributed by atoms with Crippen molar-refractivity contribution >= 4 is 5.52 Å². The maximum atomic E-state index is 12.8. The Morgan fingerprint density at radius 2 is 1.86 bits per heavy atom. The van der Waals surface area contributed by atoms with Crippen LogP contribution in [-0.2, 0) is 19.4 Å². The third-order valence-corrected chi connectivity index (χ3v) is 4.23. The topological polar surface area (TPSA) is 39.3 Å². The average Bonchev–Trinajstić information content (AvgIpc) is 2.90. The summed E-state index contributed by atoms with van der Waals surface area (Å²) in [7, 11) is 0. The van der Waals surface area contributed by atoms with Gasteiger partial charge in [-0.2, -0.15) is 5.10 Å². The summed E-state index contributed by atoms with van der Waals surface area (Å²) in [6, 6.07) is 10.1. The highest BCUT2D eigenvalue weighted by atomic mass is 16.1. The van der Waals surface area contributed by atoms with Crippen LogP contribution in [0.1, 0.15) is 29.7 Å². The molecule has 0 saturated carbocycles. The first-order valence-corrected chi connectivity index (χ1v) is 7.46. The van der Waals surface area contributed by atoms with Crippen molar-refractivity contribution in [3.8, 4) is 0 Å². The first-order valence-electron chi connectivity index (χ1n) is 7.46. The molecule has 1 aliphatic rings. The van der Waals surface area contributed by atoms with Crippen molar-refractivity contribution in [3.05, 3.63) is 69.9 Å². The molecule has 0 unspecified atom stereocenters. The van der Waals surface area contributed by atoms with Gasteiger partial charge in [0.15, 0.2) is 0 Å². The molecule has 106 valence electrons. The lowest BCUT2D eigenvalue weighted by Crippen LogP contribution is -2.22. The van der Waals surface area contributed by atoms with E-state index in [1.807, 2.05) is 42.7 Å². The summed E-state index contributed by atoms with van der Waals surface area (Å²) in [6.45, 7) is 0.607. The second-order valence-corrected chi connectivity index (χ2v) is 5.64. The number of rotatable bonds is 2. The molecule has 0 N–H and O–H groups in total. The molecule has 4 heteroatoms. The van der Waals surface area contributed by atoms with Crippen molar-refractivity contribution < 1.29 is 0 Å². The highest BCUT2D eigenvalue weighted by Gasteiger charge is 2.19. The first kappa shape index (κ1) is 12.4. The minimum absolute atomic E-state index is 0.0667. The Morgan fingerprint density at radius 1 is 1.05 bits per heavy atom. The summed E-state index contributed by atoms with van der Waals surface area (Å²) >= 11 is 0. The molecule has 1 aliphatic carbocycles. The van der Waals surface area contributed by atoms with Crippen LogP contribution in [0, 0.1) is 0 Å². The molecule has 4 nitrogen and oxygen atoms in total. The molecular weight excluding hydrogens is 262 g/mol. The summed E-state index contributed by atoms with van der Waals surface area (Å²) in [5, 5.41) is 4.57. The second kappa shape index (κ2) is 4.88. The zero-order chi connectivity index (χ0) is 14.2. The van der Waals surface area contributed by atoms with Gasteiger partial charge < -0.3 is 4.57 Å². The van der Waals surface area contributed by atoms with Gasteiger partial charge in [-0.05, 0) is 31.2 Å². The Bertz CT molecular complexity index is 846. The largest absolute Gasteiger partial charge is 0.308 e. The van der Waals surface area contributed by atoms with E-state index in [4.69, 9.17) is 0 Å². The smallest absolute Gasteiger partial charge is 0.277 e. The molecule has 0 saturated heterocycles. The molecule has 0 atom stereocenters. The van der Waals surface area contributed by atoms with Crippen LogP contribution in [0.3, 0.4) is 0 Å². The number of nitrogens with zero attached hydrogens (tertiary/aromatic N) is 3. The SMILES string of the molecule is O=c1c2c3c(nn2ccn1Cc1ccccc1)CCCC3. The number of fused-ring (bicyclic) bond motifs is 3. The third kappa shape index (κ3) is 2.07. The van der Waals surface area contributed by atoms with Crippen LogP contribution in [0.2, 0.25) is 0 Å². The van der Waals surface area contributed by atoms with Gasteiger partial charge >= 0.3 is 0 Å². The van der Waals surface area contributed by atoms with E-state index in [0.717, 1.165) is 41.6 Å². The molecular formula is C17H17N3O. The molecule has 0 radical (unpaired) electrons. The number of hydrogen-bond acceptors (Lipinski definition) is 2. The van der Waals surface area contributed by atoms with Crippen LogP contribution in [0.5, 0.6) is 0 Å². The molecule has 2 aromatic heterocycles. The molecule has 0 amide bonds. The van der Waals surface area contributed by atoms with Gasteiger partial charge in [-0.15, -0.1) is 0 Å². The van der Waals surface area contributed by atoms with Gasteiger partial charge in [0.05, 0.1) is 12.2 Å². The fraction of sp³-hybridized carbons (Fsp3) is 0.294. The van der Waals surface area contributed by atoms with E-state index in [1.54, 1.807) is 9.08 Å². The number of benzene rings is 1. The molecule has 21 heavy (non-hydrogen) atoms. The normalized spacial score (nSPS) is 14.3. The highest BCUT2D eigenvalue weighted by molar-refractivity contribution is 5.55. The molecule has 3 aromatic rings. The summed E-state index contributed by atoms with van der Waals surface area (Å²) in [6.07, 6.45) is 8.04. The Balaban J connectivity index is 1.84. The summed E-state index contributed by atoms with van der Waals surface area (Å²) in [5.74, 6) is 0. The van der Waals surface area contributed by atoms with Crippen LogP contribution >= 0.6 is 0 Å². The Morgan fingerprint density at radius 3 is 2.71 bits per heavy atom. The van der Waals surface area contributed by atoms with E-state index in [1.165, 1.54) is 6.42 Å². The van der Waals surface area contributed by atoms with Gasteiger partial charge in [0, 0.05) is 18.0 Å². The molecule has 0 spiro atoms. The average molecular weight is 279 g/mol. The van der Waals surface area contributed by atoms with Crippen molar-refractivity contribution in [3.63, 3.8) is 0 Å². The van der Waals surface area contributed by atoms with Crippen LogP contribution in [0.25, 0.3) is 5.52 Å². The first-order chi connectivity index (χ1) is 10.3. The summed E-state index contributed by atoms with van der Waals surface area (Å²) in [5.41, 5.74) is 4.24. The van der Waals surface area contributed by atoms with E-state index in [9.17, 15) is 4.79 Å². The van der Waals surface area contributed by atoms with Crippen LogP contribution in [-0.4, -0.2) is 14.2 Å². The fourth-order valence-corrected chi connectivity index (χ4v) is 3.16. The van der Waals surface area contributed by atoms with E-state index in [0.29, 0.717) is 6.54 Å². The van der Waals surface area contributed by atoms with Crippen molar-refractivity contribution in [1.82, 2.24) is 14.2 Å².